The Morgan fingerprint density at radius 3 is 2.44 bits per heavy atom. The molecule has 9 nitrogen and oxygen atoms in total. The summed E-state index contributed by atoms with van der Waals surface area (Å²) in [6.45, 7) is 3.22. The number of carbonyl (C=O) groups is 2. The summed E-state index contributed by atoms with van der Waals surface area (Å²) in [7, 11) is 1.29. The lowest BCUT2D eigenvalue weighted by atomic mass is 10.0. The van der Waals surface area contributed by atoms with E-state index in [-0.39, 0.29) is 24.9 Å². The zero-order valence-corrected chi connectivity index (χ0v) is 17.5. The van der Waals surface area contributed by atoms with Crippen molar-refractivity contribution < 1.29 is 36.9 Å². The maximum absolute atomic E-state index is 12.9. The average molecular weight is 454 g/mol. The van der Waals surface area contributed by atoms with Crippen LogP contribution in [0.3, 0.4) is 0 Å². The molecule has 1 N–H and O–H groups in total. The maximum atomic E-state index is 12.9. The fourth-order valence-electron chi connectivity index (χ4n) is 2.56. The van der Waals surface area contributed by atoms with E-state index < -0.39 is 30.1 Å². The van der Waals surface area contributed by atoms with Gasteiger partial charge in [0.2, 0.25) is 5.82 Å². The van der Waals surface area contributed by atoms with Crippen molar-refractivity contribution in [1.82, 2.24) is 20.5 Å². The van der Waals surface area contributed by atoms with Crippen LogP contribution in [-0.4, -0.2) is 47.0 Å². The number of nitrogens with one attached hydrogen (secondary N) is 1. The molecule has 0 aliphatic rings. The van der Waals surface area contributed by atoms with Gasteiger partial charge in [-0.1, -0.05) is 49.2 Å². The number of terminal acetylenes is 1. The number of ether oxygens (including phenoxy) is 1. The van der Waals surface area contributed by atoms with Crippen LogP contribution in [0.5, 0.6) is 0 Å². The smallest absolute Gasteiger partial charge is 0.436 e. The lowest BCUT2D eigenvalue weighted by Crippen LogP contribution is -2.50. The van der Waals surface area contributed by atoms with E-state index in [1.807, 2.05) is 0 Å². The number of benzene rings is 1. The predicted molar refractivity (Wildman–Crippen MR) is 104 cm³/mol. The Bertz CT molecular complexity index is 967. The number of alkyl halides is 3. The van der Waals surface area contributed by atoms with E-state index in [0.29, 0.717) is 11.1 Å². The quantitative estimate of drug-likeness (QED) is 0.483. The maximum Gasteiger partial charge on any atom is 0.471 e. The average Bonchev–Trinajstić information content (AvgIpc) is 3.25. The molecule has 1 aromatic heterocycles. The van der Waals surface area contributed by atoms with Gasteiger partial charge in [0.25, 0.3) is 5.91 Å². The molecule has 0 radical (unpaired) electrons. The van der Waals surface area contributed by atoms with Crippen LogP contribution < -0.4 is 5.32 Å². The van der Waals surface area contributed by atoms with Crippen molar-refractivity contribution in [1.29, 1.82) is 0 Å². The number of aromatic nitrogens is 2. The number of amides is 2. The third-order valence-electron chi connectivity index (χ3n) is 4.17. The first kappa shape index (κ1) is 24.7. The molecule has 172 valence electrons. The van der Waals surface area contributed by atoms with Gasteiger partial charge in [-0.3, -0.25) is 9.63 Å². The third-order valence-corrected chi connectivity index (χ3v) is 4.17. The van der Waals surface area contributed by atoms with Crippen LogP contribution in [0.25, 0.3) is 11.4 Å². The summed E-state index contributed by atoms with van der Waals surface area (Å²) < 4.78 is 46.8. The van der Waals surface area contributed by atoms with Gasteiger partial charge in [0.15, 0.2) is 6.61 Å². The Morgan fingerprint density at radius 1 is 1.28 bits per heavy atom. The molecule has 2 amide bonds. The summed E-state index contributed by atoms with van der Waals surface area (Å²) in [6.07, 6.45) is -0.539. The van der Waals surface area contributed by atoms with Crippen LogP contribution in [0, 0.1) is 18.3 Å². The Labute approximate surface area is 181 Å². The molecule has 0 bridgehead atoms. The molecular weight excluding hydrogens is 433 g/mol. The SMILES string of the molecule is C#CCOC(=O)NC(C(=O)N(Cc1ccc(-c2noc(C(F)(F)F)n2)cc1)OC)C(C)C. The van der Waals surface area contributed by atoms with Gasteiger partial charge < -0.3 is 14.6 Å². The lowest BCUT2D eigenvalue weighted by molar-refractivity contribution is -0.182. The fraction of sp³-hybridized carbons (Fsp3) is 0.400. The molecule has 1 heterocycles. The Hall–Kier alpha value is -3.59. The van der Waals surface area contributed by atoms with Crippen molar-refractivity contribution in [2.45, 2.75) is 32.6 Å². The largest absolute Gasteiger partial charge is 0.471 e. The highest BCUT2D eigenvalue weighted by Gasteiger charge is 2.38. The molecule has 1 unspecified atom stereocenters. The van der Waals surface area contributed by atoms with E-state index in [9.17, 15) is 22.8 Å². The Morgan fingerprint density at radius 2 is 1.94 bits per heavy atom. The molecule has 2 aromatic rings. The third kappa shape index (κ3) is 6.45. The second kappa shape index (κ2) is 10.6. The monoisotopic (exact) mass is 454 g/mol. The topological polar surface area (TPSA) is 107 Å². The van der Waals surface area contributed by atoms with Crippen molar-refractivity contribution in [2.75, 3.05) is 13.7 Å². The van der Waals surface area contributed by atoms with E-state index in [0.717, 1.165) is 5.06 Å². The van der Waals surface area contributed by atoms with Gasteiger partial charge in [-0.15, -0.1) is 6.42 Å². The molecule has 32 heavy (non-hydrogen) atoms. The minimum atomic E-state index is -4.74. The van der Waals surface area contributed by atoms with Crippen molar-refractivity contribution in [3.8, 4) is 23.7 Å². The van der Waals surface area contributed by atoms with Gasteiger partial charge in [0, 0.05) is 5.56 Å². The highest BCUT2D eigenvalue weighted by Crippen LogP contribution is 2.29. The van der Waals surface area contributed by atoms with Crippen LogP contribution in [0.4, 0.5) is 18.0 Å². The minimum absolute atomic E-state index is 0.0000380. The Kier molecular flexibility index (Phi) is 8.20. The molecule has 1 aromatic carbocycles. The molecule has 0 saturated heterocycles. The molecule has 0 spiro atoms. The summed E-state index contributed by atoms with van der Waals surface area (Å²) in [5.74, 6) is -0.340. The van der Waals surface area contributed by atoms with E-state index in [2.05, 4.69) is 25.9 Å². The number of carbonyl (C=O) groups excluding carboxylic acids is 2. The molecule has 1 atom stereocenters. The zero-order chi connectivity index (χ0) is 23.9. The van der Waals surface area contributed by atoms with Crippen molar-refractivity contribution in [3.63, 3.8) is 0 Å². The zero-order valence-electron chi connectivity index (χ0n) is 17.5. The second-order valence-corrected chi connectivity index (χ2v) is 6.82. The molecule has 0 aliphatic heterocycles. The van der Waals surface area contributed by atoms with Crippen molar-refractivity contribution in [3.05, 3.63) is 35.7 Å². The molecule has 0 fully saturated rings. The van der Waals surface area contributed by atoms with Crippen LogP contribution in [0.15, 0.2) is 28.8 Å². The summed E-state index contributed by atoms with van der Waals surface area (Å²) >= 11 is 0. The summed E-state index contributed by atoms with van der Waals surface area (Å²) in [6, 6.07) is 5.15. The number of hydrogen-bond acceptors (Lipinski definition) is 7. The first-order valence-corrected chi connectivity index (χ1v) is 9.29. The number of rotatable bonds is 8. The number of hydroxylamine groups is 2. The second-order valence-electron chi connectivity index (χ2n) is 6.82. The van der Waals surface area contributed by atoms with Gasteiger partial charge in [0.1, 0.15) is 6.04 Å². The fourth-order valence-corrected chi connectivity index (χ4v) is 2.56. The predicted octanol–water partition coefficient (Wildman–Crippen LogP) is 3.03. The molecule has 12 heteroatoms. The van der Waals surface area contributed by atoms with Gasteiger partial charge in [-0.05, 0) is 11.5 Å². The highest BCUT2D eigenvalue weighted by atomic mass is 19.4. The lowest BCUT2D eigenvalue weighted by Gasteiger charge is -2.27. The molecular formula is C20H21F3N4O5. The van der Waals surface area contributed by atoms with Crippen LogP contribution in [-0.2, 0) is 27.1 Å². The first-order chi connectivity index (χ1) is 15.1. The summed E-state index contributed by atoms with van der Waals surface area (Å²) in [5.41, 5.74) is 0.891. The molecule has 2 rings (SSSR count). The molecule has 0 saturated carbocycles. The van der Waals surface area contributed by atoms with E-state index in [1.165, 1.54) is 19.2 Å². The summed E-state index contributed by atoms with van der Waals surface area (Å²) in [4.78, 5) is 33.1. The number of hydrogen-bond donors (Lipinski definition) is 1. The highest BCUT2D eigenvalue weighted by molar-refractivity contribution is 5.85. The number of halogens is 3. The normalized spacial score (nSPS) is 12.2. The number of nitrogens with zero attached hydrogens (tertiary/aromatic N) is 3. The first-order valence-electron chi connectivity index (χ1n) is 9.29. The van der Waals surface area contributed by atoms with Crippen molar-refractivity contribution in [2.24, 2.45) is 5.92 Å². The summed E-state index contributed by atoms with van der Waals surface area (Å²) in [5, 5.41) is 6.81. The minimum Gasteiger partial charge on any atom is -0.436 e. The van der Waals surface area contributed by atoms with E-state index in [1.54, 1.807) is 26.0 Å². The van der Waals surface area contributed by atoms with Crippen LogP contribution in [0.1, 0.15) is 25.3 Å². The van der Waals surface area contributed by atoms with Gasteiger partial charge in [-0.25, -0.2) is 9.86 Å². The Balaban J connectivity index is 2.10. The van der Waals surface area contributed by atoms with Gasteiger partial charge in [-0.2, -0.15) is 18.2 Å². The van der Waals surface area contributed by atoms with Crippen molar-refractivity contribution >= 4 is 12.0 Å². The van der Waals surface area contributed by atoms with E-state index >= 15 is 0 Å². The number of alkyl carbamates (subject to hydrolysis) is 1. The van der Waals surface area contributed by atoms with E-state index in [4.69, 9.17) is 16.0 Å². The molecule has 0 aliphatic carbocycles. The van der Waals surface area contributed by atoms with Crippen LogP contribution >= 0.6 is 0 Å². The van der Waals surface area contributed by atoms with Gasteiger partial charge in [0.05, 0.1) is 13.7 Å². The van der Waals surface area contributed by atoms with Crippen LogP contribution in [0.2, 0.25) is 0 Å². The van der Waals surface area contributed by atoms with Gasteiger partial charge >= 0.3 is 18.2 Å². The standard InChI is InChI=1S/C20H21F3N4O5/c1-5-10-31-19(29)24-15(12(2)3)17(28)27(30-4)11-13-6-8-14(9-7-13)16-25-18(32-26-16)20(21,22)23/h1,6-9,12,15H,10-11H2,2-4H3,(H,24,29).